The van der Waals surface area contributed by atoms with Gasteiger partial charge in [-0.05, 0) is 0 Å². The van der Waals surface area contributed by atoms with Crippen LogP contribution in [0.5, 0.6) is 0 Å². The van der Waals surface area contributed by atoms with Crippen LogP contribution < -0.4 is 0 Å². The van der Waals surface area contributed by atoms with Gasteiger partial charge < -0.3 is 0 Å². The number of nitrogens with zero attached hydrogens (tertiary/aromatic N) is 4. The third-order valence-electron chi connectivity index (χ3n) is 1.28. The molecule has 4 nitrogen and oxygen atoms in total. The molecule has 0 aromatic carbocycles. The summed E-state index contributed by atoms with van der Waals surface area (Å²) in [7, 11) is 0. The molecule has 0 saturated carbocycles. The quantitative estimate of drug-likeness (QED) is 0.568. The van der Waals surface area contributed by atoms with Crippen molar-refractivity contribution >= 4 is 52.3 Å². The third kappa shape index (κ3) is 1.90. The molecule has 2 aliphatic rings. The van der Waals surface area contributed by atoms with Crippen LogP contribution in [0.3, 0.4) is 0 Å². The molecule has 2 rings (SSSR count). The van der Waals surface area contributed by atoms with E-state index in [0.29, 0.717) is 34.9 Å². The van der Waals surface area contributed by atoms with Gasteiger partial charge in [0.2, 0.25) is 0 Å². The van der Waals surface area contributed by atoms with Crippen LogP contribution in [0.2, 0.25) is 0 Å². The molecule has 1 atom stereocenters. The van der Waals surface area contributed by atoms with Crippen molar-refractivity contribution in [1.29, 1.82) is 0 Å². The molecule has 6 heteroatoms. The molecule has 62 valence electrons. The first kappa shape index (κ1) is 8.32. The van der Waals surface area contributed by atoms with Gasteiger partial charge in [0.25, 0.3) is 0 Å². The molecule has 0 radical (unpaired) electrons. The molecule has 0 N–H and O–H groups in total. The summed E-state index contributed by atoms with van der Waals surface area (Å²) >= 11 is 0.782. The second-order valence-electron chi connectivity index (χ2n) is 2.05. The van der Waals surface area contributed by atoms with Crippen molar-refractivity contribution in [3.8, 4) is 0 Å². The van der Waals surface area contributed by atoms with Crippen LogP contribution in [0.4, 0.5) is 0 Å². The molecule has 0 saturated heterocycles. The van der Waals surface area contributed by atoms with Crippen LogP contribution in [0, 0.1) is 0 Å². The molecule has 12 heavy (non-hydrogen) atoms. The summed E-state index contributed by atoms with van der Waals surface area (Å²) in [5, 5.41) is 1.95. The fourth-order valence-electron chi connectivity index (χ4n) is 0.783. The average molecular weight is 292 g/mol. The summed E-state index contributed by atoms with van der Waals surface area (Å²) < 4.78 is 1.22. The van der Waals surface area contributed by atoms with Crippen molar-refractivity contribution in [2.24, 2.45) is 20.0 Å². The van der Waals surface area contributed by atoms with Gasteiger partial charge in [-0.15, -0.1) is 0 Å². The number of hydrogen-bond acceptors (Lipinski definition) is 4. The van der Waals surface area contributed by atoms with Crippen LogP contribution in [-0.4, -0.2) is 62.7 Å². The molecule has 0 aliphatic carbocycles. The van der Waals surface area contributed by atoms with Crippen molar-refractivity contribution in [2.45, 2.75) is 4.94 Å². The second-order valence-corrected chi connectivity index (χ2v) is 6.02. The van der Waals surface area contributed by atoms with E-state index < -0.39 is 0 Å². The maximum atomic E-state index is 4.28. The predicted molar refractivity (Wildman–Crippen MR) is 53.1 cm³/mol. The average Bonchev–Trinajstić information content (AvgIpc) is 2.21. The first-order chi connectivity index (χ1) is 5.97. The summed E-state index contributed by atoms with van der Waals surface area (Å²) in [6, 6.07) is 0. The molecule has 0 bridgehead atoms. The molecular weight excluding hydrogens is 286 g/mol. The van der Waals surface area contributed by atoms with Crippen LogP contribution in [0.25, 0.3) is 0 Å². The van der Waals surface area contributed by atoms with E-state index in [-0.39, 0.29) is 0 Å². The van der Waals surface area contributed by atoms with E-state index in [1.165, 1.54) is 4.61 Å². The third-order valence-corrected chi connectivity index (χ3v) is 5.71. The topological polar surface area (TPSA) is 49.4 Å². The van der Waals surface area contributed by atoms with Gasteiger partial charge in [-0.1, -0.05) is 0 Å². The van der Waals surface area contributed by atoms with Crippen molar-refractivity contribution in [3.63, 3.8) is 0 Å². The Hall–Kier alpha value is -0.281. The first-order valence-electron chi connectivity index (χ1n) is 3.34. The van der Waals surface area contributed by atoms with E-state index in [1.54, 1.807) is 12.7 Å². The van der Waals surface area contributed by atoms with E-state index in [2.05, 4.69) is 20.0 Å². The van der Waals surface area contributed by atoms with Gasteiger partial charge in [-0.3, -0.25) is 0 Å². The molecule has 0 spiro atoms. The van der Waals surface area contributed by atoms with E-state index >= 15 is 0 Å². The van der Waals surface area contributed by atoms with Gasteiger partial charge in [0.05, 0.1) is 0 Å². The second kappa shape index (κ2) is 4.10. The van der Waals surface area contributed by atoms with Gasteiger partial charge in [0.1, 0.15) is 0 Å². The van der Waals surface area contributed by atoms with Crippen LogP contribution in [0.1, 0.15) is 0 Å². The van der Waals surface area contributed by atoms with Crippen molar-refractivity contribution in [2.75, 3.05) is 5.44 Å². The summed E-state index contributed by atoms with van der Waals surface area (Å²) in [5.74, 6) is 0. The number of aliphatic imine (C=N–C) groups is 4. The minimum absolute atomic E-state index is 0.307. The Morgan fingerprint density at radius 3 is 3.08 bits per heavy atom. The minimum atomic E-state index is 0.307. The summed E-state index contributed by atoms with van der Waals surface area (Å²) in [6.45, 7) is 0. The fraction of sp³-hybridized carbons (Fsp3) is 0.333. The summed E-state index contributed by atoms with van der Waals surface area (Å²) in [5.41, 5.74) is 0.922. The Labute approximate surface area is 82.7 Å². The first-order valence-corrected chi connectivity index (χ1v) is 7.39. The molecule has 0 amide bonds. The van der Waals surface area contributed by atoms with E-state index in [0.717, 1.165) is 5.44 Å². The Bertz CT molecular complexity index is 281. The zero-order valence-electron chi connectivity index (χ0n) is 6.12. The fourth-order valence-corrected chi connectivity index (χ4v) is 4.52. The zero-order valence-corrected chi connectivity index (χ0v) is 9.55. The molecule has 1 unspecified atom stereocenters. The van der Waals surface area contributed by atoms with E-state index in [9.17, 15) is 0 Å². The summed E-state index contributed by atoms with van der Waals surface area (Å²) in [4.78, 5) is 16.8. The molecular formula is C6H6N4Se2. The maximum absolute atomic E-state index is 4.28. The van der Waals surface area contributed by atoms with E-state index in [4.69, 9.17) is 0 Å². The molecule has 0 aromatic heterocycles. The number of rotatable bonds is 1. The molecule has 0 fully saturated rings. The van der Waals surface area contributed by atoms with Gasteiger partial charge in [-0.2, -0.15) is 0 Å². The Morgan fingerprint density at radius 2 is 2.42 bits per heavy atom. The normalized spacial score (nSPS) is 27.3. The predicted octanol–water partition coefficient (Wildman–Crippen LogP) is -0.811. The van der Waals surface area contributed by atoms with Gasteiger partial charge in [0.15, 0.2) is 0 Å². The molecule has 2 heterocycles. The van der Waals surface area contributed by atoms with Gasteiger partial charge in [0, 0.05) is 0 Å². The van der Waals surface area contributed by atoms with Crippen LogP contribution in [0.15, 0.2) is 20.0 Å². The van der Waals surface area contributed by atoms with Crippen molar-refractivity contribution in [3.05, 3.63) is 0 Å². The standard InChI is InChI=1S/C6H6N4Se2/c1-7-3-11-5(9-1)6-10-2-8-4-12-6/h1-3,5H,4H2. The number of hydrogen-bond donors (Lipinski definition) is 0. The van der Waals surface area contributed by atoms with Crippen molar-refractivity contribution in [1.82, 2.24) is 0 Å². The van der Waals surface area contributed by atoms with Crippen LogP contribution >= 0.6 is 0 Å². The van der Waals surface area contributed by atoms with Crippen LogP contribution in [-0.2, 0) is 0 Å². The SMILES string of the molecule is C1=NC=NC(C2=NC=NC[Se]2)[Se]1. The Morgan fingerprint density at radius 1 is 1.42 bits per heavy atom. The van der Waals surface area contributed by atoms with Gasteiger partial charge in [-0.25, -0.2) is 0 Å². The van der Waals surface area contributed by atoms with E-state index in [1.807, 2.05) is 5.11 Å². The Kier molecular flexibility index (Phi) is 2.84. The van der Waals surface area contributed by atoms with Gasteiger partial charge >= 0.3 is 82.7 Å². The molecule has 2 aliphatic heterocycles. The molecule has 0 aromatic rings. The monoisotopic (exact) mass is 294 g/mol. The zero-order chi connectivity index (χ0) is 8.23. The van der Waals surface area contributed by atoms with Crippen molar-refractivity contribution < 1.29 is 0 Å². The summed E-state index contributed by atoms with van der Waals surface area (Å²) in [6.07, 6.45) is 3.28. The Balaban J connectivity index is 2.09.